The fourth-order valence-corrected chi connectivity index (χ4v) is 2.07. The van der Waals surface area contributed by atoms with E-state index in [0.717, 1.165) is 17.7 Å². The Hall–Kier alpha value is -0.380. The first-order valence-electron chi connectivity index (χ1n) is 4.18. The molecule has 2 unspecified atom stereocenters. The van der Waals surface area contributed by atoms with Gasteiger partial charge in [0.15, 0.2) is 0 Å². The van der Waals surface area contributed by atoms with Gasteiger partial charge in [0.1, 0.15) is 6.10 Å². The molecule has 0 bridgehead atoms. The zero-order valence-corrected chi connectivity index (χ0v) is 7.50. The average Bonchev–Trinajstić information content (AvgIpc) is 2.79. The van der Waals surface area contributed by atoms with Crippen LogP contribution in [0, 0.1) is 5.92 Å². The molecule has 3 heteroatoms. The van der Waals surface area contributed by atoms with E-state index in [1.54, 1.807) is 0 Å². The van der Waals surface area contributed by atoms with Crippen LogP contribution >= 0.6 is 11.3 Å². The molecule has 1 saturated carbocycles. The molecule has 0 aliphatic heterocycles. The molecule has 0 amide bonds. The minimum Gasteiger partial charge on any atom is -0.390 e. The van der Waals surface area contributed by atoms with Gasteiger partial charge in [-0.1, -0.05) is 6.07 Å². The van der Waals surface area contributed by atoms with E-state index in [9.17, 15) is 10.2 Å². The van der Waals surface area contributed by atoms with Crippen molar-refractivity contribution in [1.82, 2.24) is 0 Å². The second kappa shape index (κ2) is 3.17. The van der Waals surface area contributed by atoms with Gasteiger partial charge in [0.05, 0.1) is 6.10 Å². The van der Waals surface area contributed by atoms with Crippen molar-refractivity contribution in [2.75, 3.05) is 0 Å². The summed E-state index contributed by atoms with van der Waals surface area (Å²) in [6.45, 7) is 0. The Morgan fingerprint density at radius 1 is 1.42 bits per heavy atom. The summed E-state index contributed by atoms with van der Waals surface area (Å²) in [5, 5.41) is 21.1. The highest BCUT2D eigenvalue weighted by Gasteiger charge is 2.35. The van der Waals surface area contributed by atoms with Crippen LogP contribution in [0.2, 0.25) is 0 Å². The van der Waals surface area contributed by atoms with E-state index >= 15 is 0 Å². The Balaban J connectivity index is 2.03. The third-order valence-corrected chi connectivity index (χ3v) is 3.21. The van der Waals surface area contributed by atoms with Crippen LogP contribution in [0.3, 0.4) is 0 Å². The molecule has 2 rings (SSSR count). The molecule has 1 aliphatic carbocycles. The van der Waals surface area contributed by atoms with Crippen LogP contribution in [-0.2, 0) is 0 Å². The second-order valence-electron chi connectivity index (χ2n) is 3.29. The number of hydrogen-bond acceptors (Lipinski definition) is 3. The highest BCUT2D eigenvalue weighted by molar-refractivity contribution is 7.10. The van der Waals surface area contributed by atoms with Crippen molar-refractivity contribution in [3.63, 3.8) is 0 Å². The van der Waals surface area contributed by atoms with E-state index in [1.165, 1.54) is 11.3 Å². The molecular formula is C9H12O2S. The maximum absolute atomic E-state index is 9.65. The van der Waals surface area contributed by atoms with Gasteiger partial charge in [-0.2, -0.15) is 0 Å². The van der Waals surface area contributed by atoms with Crippen molar-refractivity contribution in [2.45, 2.75) is 25.0 Å². The van der Waals surface area contributed by atoms with Crippen LogP contribution in [0.1, 0.15) is 23.8 Å². The van der Waals surface area contributed by atoms with Gasteiger partial charge in [0.25, 0.3) is 0 Å². The molecule has 1 aromatic heterocycles. The molecule has 0 aromatic carbocycles. The standard InChI is InChI=1S/C9H12O2S/c10-8(6-3-4-6)9(11)7-2-1-5-12-7/h1-2,5-6,8-11H,3-4H2. The van der Waals surface area contributed by atoms with Gasteiger partial charge in [-0.05, 0) is 30.2 Å². The Labute approximate surface area is 75.5 Å². The lowest BCUT2D eigenvalue weighted by atomic mass is 10.1. The first-order chi connectivity index (χ1) is 5.79. The van der Waals surface area contributed by atoms with Crippen molar-refractivity contribution in [3.8, 4) is 0 Å². The van der Waals surface area contributed by atoms with Gasteiger partial charge < -0.3 is 10.2 Å². The summed E-state index contributed by atoms with van der Waals surface area (Å²) in [5.41, 5.74) is 0. The Morgan fingerprint density at radius 2 is 2.17 bits per heavy atom. The summed E-state index contributed by atoms with van der Waals surface area (Å²) < 4.78 is 0. The fraction of sp³-hybridized carbons (Fsp3) is 0.556. The van der Waals surface area contributed by atoms with E-state index in [-0.39, 0.29) is 0 Å². The van der Waals surface area contributed by atoms with Crippen LogP contribution in [0.5, 0.6) is 0 Å². The number of aliphatic hydroxyl groups excluding tert-OH is 2. The lowest BCUT2D eigenvalue weighted by Crippen LogP contribution is -2.19. The Kier molecular flexibility index (Phi) is 2.17. The van der Waals surface area contributed by atoms with Crippen molar-refractivity contribution < 1.29 is 10.2 Å². The molecule has 1 fully saturated rings. The predicted octanol–water partition coefficient (Wildman–Crippen LogP) is 1.55. The second-order valence-corrected chi connectivity index (χ2v) is 4.27. The summed E-state index contributed by atoms with van der Waals surface area (Å²) in [5.74, 6) is 0.335. The maximum atomic E-state index is 9.65. The van der Waals surface area contributed by atoms with E-state index in [1.807, 2.05) is 17.5 Å². The minimum absolute atomic E-state index is 0.335. The van der Waals surface area contributed by atoms with Gasteiger partial charge in [-0.15, -0.1) is 11.3 Å². The smallest absolute Gasteiger partial charge is 0.114 e. The molecule has 0 spiro atoms. The van der Waals surface area contributed by atoms with Gasteiger partial charge >= 0.3 is 0 Å². The van der Waals surface area contributed by atoms with Gasteiger partial charge in [-0.25, -0.2) is 0 Å². The molecule has 0 radical (unpaired) electrons. The number of rotatable bonds is 3. The topological polar surface area (TPSA) is 40.5 Å². The van der Waals surface area contributed by atoms with Crippen molar-refractivity contribution in [3.05, 3.63) is 22.4 Å². The molecule has 12 heavy (non-hydrogen) atoms. The molecule has 2 N–H and O–H groups in total. The minimum atomic E-state index is -0.669. The molecular weight excluding hydrogens is 172 g/mol. The molecule has 0 saturated heterocycles. The number of thiophene rings is 1. The van der Waals surface area contributed by atoms with E-state index < -0.39 is 12.2 Å². The zero-order valence-electron chi connectivity index (χ0n) is 6.68. The molecule has 1 heterocycles. The van der Waals surface area contributed by atoms with Crippen LogP contribution < -0.4 is 0 Å². The molecule has 66 valence electrons. The Bertz CT molecular complexity index is 241. The monoisotopic (exact) mass is 184 g/mol. The summed E-state index contributed by atoms with van der Waals surface area (Å²) in [4.78, 5) is 0.870. The lowest BCUT2D eigenvalue weighted by molar-refractivity contribution is 0.00692. The molecule has 2 nitrogen and oxygen atoms in total. The summed E-state index contributed by atoms with van der Waals surface area (Å²) in [6.07, 6.45) is 0.897. The average molecular weight is 184 g/mol. The first-order valence-corrected chi connectivity index (χ1v) is 5.06. The van der Waals surface area contributed by atoms with Gasteiger partial charge in [-0.3, -0.25) is 0 Å². The normalized spacial score (nSPS) is 22.2. The summed E-state index contributed by atoms with van der Waals surface area (Å²) in [6, 6.07) is 3.75. The fourth-order valence-electron chi connectivity index (χ4n) is 1.32. The third-order valence-electron chi connectivity index (χ3n) is 2.26. The third kappa shape index (κ3) is 1.53. The quantitative estimate of drug-likeness (QED) is 0.748. The van der Waals surface area contributed by atoms with E-state index in [2.05, 4.69) is 0 Å². The van der Waals surface area contributed by atoms with E-state index in [4.69, 9.17) is 0 Å². The lowest BCUT2D eigenvalue weighted by Gasteiger charge is -2.15. The maximum Gasteiger partial charge on any atom is 0.114 e. The molecule has 1 aliphatic rings. The van der Waals surface area contributed by atoms with Crippen molar-refractivity contribution >= 4 is 11.3 Å². The van der Waals surface area contributed by atoms with Crippen LogP contribution in [0.4, 0.5) is 0 Å². The zero-order chi connectivity index (χ0) is 8.55. The highest BCUT2D eigenvalue weighted by atomic mass is 32.1. The van der Waals surface area contributed by atoms with Crippen molar-refractivity contribution in [1.29, 1.82) is 0 Å². The summed E-state index contributed by atoms with van der Waals surface area (Å²) in [7, 11) is 0. The molecule has 2 atom stereocenters. The van der Waals surface area contributed by atoms with Gasteiger partial charge in [0, 0.05) is 4.88 Å². The van der Waals surface area contributed by atoms with E-state index in [0.29, 0.717) is 5.92 Å². The van der Waals surface area contributed by atoms with Crippen LogP contribution in [0.25, 0.3) is 0 Å². The number of aliphatic hydroxyl groups is 2. The van der Waals surface area contributed by atoms with Gasteiger partial charge in [0.2, 0.25) is 0 Å². The predicted molar refractivity (Wildman–Crippen MR) is 48.0 cm³/mol. The highest BCUT2D eigenvalue weighted by Crippen LogP contribution is 2.38. The number of hydrogen-bond donors (Lipinski definition) is 2. The van der Waals surface area contributed by atoms with Crippen LogP contribution in [-0.4, -0.2) is 16.3 Å². The first kappa shape index (κ1) is 8.23. The largest absolute Gasteiger partial charge is 0.390 e. The molecule has 1 aromatic rings. The Morgan fingerprint density at radius 3 is 2.67 bits per heavy atom. The van der Waals surface area contributed by atoms with Crippen LogP contribution in [0.15, 0.2) is 17.5 Å². The summed E-state index contributed by atoms with van der Waals surface area (Å²) >= 11 is 1.49. The van der Waals surface area contributed by atoms with Crippen molar-refractivity contribution in [2.24, 2.45) is 5.92 Å². The SMILES string of the molecule is OC(c1cccs1)C(O)C1CC1.